The van der Waals surface area contributed by atoms with Crippen molar-refractivity contribution >= 4 is 17.0 Å². The van der Waals surface area contributed by atoms with E-state index < -0.39 is 0 Å². The van der Waals surface area contributed by atoms with Gasteiger partial charge in [-0.25, -0.2) is 0 Å². The van der Waals surface area contributed by atoms with Crippen LogP contribution < -0.4 is 4.74 Å². The van der Waals surface area contributed by atoms with Crippen molar-refractivity contribution in [2.75, 3.05) is 7.11 Å². The third-order valence-corrected chi connectivity index (χ3v) is 3.57. The van der Waals surface area contributed by atoms with Gasteiger partial charge >= 0.3 is 0 Å². The van der Waals surface area contributed by atoms with Crippen LogP contribution in [0.3, 0.4) is 0 Å². The van der Waals surface area contributed by atoms with E-state index in [1.165, 1.54) is 16.5 Å². The first-order chi connectivity index (χ1) is 9.81. The monoisotopic (exact) mass is 263 g/mol. The lowest BCUT2D eigenvalue weighted by Gasteiger charge is -2.04. The highest BCUT2D eigenvalue weighted by Crippen LogP contribution is 2.29. The number of benzene rings is 2. The largest absolute Gasteiger partial charge is 0.497 e. The summed E-state index contributed by atoms with van der Waals surface area (Å²) in [6.07, 6.45) is 2.76. The molecule has 0 aliphatic rings. The van der Waals surface area contributed by atoms with Crippen LogP contribution in [0.4, 0.5) is 0 Å². The molecule has 0 bridgehead atoms. The van der Waals surface area contributed by atoms with E-state index in [2.05, 4.69) is 48.0 Å². The maximum absolute atomic E-state index is 5.33. The van der Waals surface area contributed by atoms with Gasteiger partial charge in [-0.2, -0.15) is 0 Å². The van der Waals surface area contributed by atoms with Crippen molar-refractivity contribution < 1.29 is 4.74 Å². The minimum Gasteiger partial charge on any atom is -0.497 e. The lowest BCUT2D eigenvalue weighted by atomic mass is 10.0. The van der Waals surface area contributed by atoms with Crippen LogP contribution in [0.25, 0.3) is 17.0 Å². The molecule has 0 atom stereocenters. The Labute approximate surface area is 118 Å². The van der Waals surface area contributed by atoms with E-state index in [9.17, 15) is 0 Å². The van der Waals surface area contributed by atoms with Gasteiger partial charge in [0, 0.05) is 23.0 Å². The molecule has 0 saturated heterocycles. The third-order valence-electron chi connectivity index (χ3n) is 3.57. The van der Waals surface area contributed by atoms with Crippen molar-refractivity contribution in [3.63, 3.8) is 0 Å². The van der Waals surface area contributed by atoms with E-state index in [1.807, 2.05) is 18.2 Å². The number of fused-ring (bicyclic) bond motifs is 1. The quantitative estimate of drug-likeness (QED) is 0.741. The second-order valence-electron chi connectivity index (χ2n) is 4.80. The Kier molecular flexibility index (Phi) is 3.30. The van der Waals surface area contributed by atoms with Gasteiger partial charge in [-0.3, -0.25) is 0 Å². The zero-order valence-electron chi connectivity index (χ0n) is 11.5. The Morgan fingerprint density at radius 3 is 2.65 bits per heavy atom. The number of nitrogens with one attached hydrogen (secondary N) is 1. The summed E-state index contributed by atoms with van der Waals surface area (Å²) in [5.41, 5.74) is 4.75. The first kappa shape index (κ1) is 12.5. The summed E-state index contributed by atoms with van der Waals surface area (Å²) in [5.74, 6) is 0.876. The van der Waals surface area contributed by atoms with Gasteiger partial charge in [0.2, 0.25) is 0 Å². The Bertz CT molecular complexity index is 741. The molecular formula is C18H17NO. The molecule has 2 heteroatoms. The van der Waals surface area contributed by atoms with Gasteiger partial charge in [-0.05, 0) is 35.4 Å². The van der Waals surface area contributed by atoms with Gasteiger partial charge < -0.3 is 9.72 Å². The Morgan fingerprint density at radius 1 is 1.15 bits per heavy atom. The Hall–Kier alpha value is -2.48. The average Bonchev–Trinajstić information content (AvgIpc) is 2.85. The molecule has 3 rings (SSSR count). The van der Waals surface area contributed by atoms with Crippen LogP contribution in [-0.4, -0.2) is 12.1 Å². The molecule has 0 saturated carbocycles. The molecule has 0 aliphatic heterocycles. The molecule has 3 aromatic rings. The lowest BCUT2D eigenvalue weighted by molar-refractivity contribution is 0.415. The highest BCUT2D eigenvalue weighted by Gasteiger charge is 2.10. The summed E-state index contributed by atoms with van der Waals surface area (Å²) >= 11 is 0. The van der Waals surface area contributed by atoms with E-state index in [-0.39, 0.29) is 0 Å². The second-order valence-corrected chi connectivity index (χ2v) is 4.80. The van der Waals surface area contributed by atoms with Gasteiger partial charge in [0.25, 0.3) is 0 Å². The number of hydrogen-bond donors (Lipinski definition) is 1. The molecule has 0 radical (unpaired) electrons. The molecule has 1 aromatic heterocycles. The van der Waals surface area contributed by atoms with Crippen LogP contribution in [0.5, 0.6) is 5.75 Å². The number of rotatable bonds is 4. The molecule has 0 unspecified atom stereocenters. The van der Waals surface area contributed by atoms with Crippen LogP contribution in [-0.2, 0) is 6.42 Å². The molecule has 20 heavy (non-hydrogen) atoms. The van der Waals surface area contributed by atoms with Crippen molar-refractivity contribution in [1.82, 2.24) is 4.98 Å². The highest BCUT2D eigenvalue weighted by molar-refractivity contribution is 5.88. The summed E-state index contributed by atoms with van der Waals surface area (Å²) in [6, 6.07) is 16.6. The molecule has 100 valence electrons. The highest BCUT2D eigenvalue weighted by atomic mass is 16.5. The van der Waals surface area contributed by atoms with Crippen LogP contribution in [0.1, 0.15) is 16.8 Å². The summed E-state index contributed by atoms with van der Waals surface area (Å²) in [4.78, 5) is 3.41. The van der Waals surface area contributed by atoms with Crippen molar-refractivity contribution in [2.45, 2.75) is 6.42 Å². The number of H-pyrrole nitrogens is 1. The summed E-state index contributed by atoms with van der Waals surface area (Å²) < 4.78 is 5.33. The van der Waals surface area contributed by atoms with Gasteiger partial charge in [-0.1, -0.05) is 36.9 Å². The number of ether oxygens (including phenoxy) is 1. The molecule has 1 heterocycles. The van der Waals surface area contributed by atoms with Gasteiger partial charge in [-0.15, -0.1) is 0 Å². The lowest BCUT2D eigenvalue weighted by Crippen LogP contribution is -1.89. The van der Waals surface area contributed by atoms with E-state index in [0.717, 1.165) is 23.4 Å². The standard InChI is InChI=1S/C18H17NO/c1-3-17-15(11-13-7-5-4-6-8-13)16-12-14(20-2)9-10-18(16)19-17/h3-10,12,19H,1,11H2,2H3. The molecule has 0 spiro atoms. The fourth-order valence-corrected chi connectivity index (χ4v) is 2.54. The Balaban J connectivity index is 2.13. The van der Waals surface area contributed by atoms with Crippen LogP contribution in [0.15, 0.2) is 55.1 Å². The molecule has 2 nitrogen and oxygen atoms in total. The van der Waals surface area contributed by atoms with Crippen molar-refractivity contribution in [1.29, 1.82) is 0 Å². The summed E-state index contributed by atoms with van der Waals surface area (Å²) in [6.45, 7) is 3.91. The van der Waals surface area contributed by atoms with Crippen molar-refractivity contribution in [3.8, 4) is 5.75 Å². The van der Waals surface area contributed by atoms with Gasteiger partial charge in [0.05, 0.1) is 7.11 Å². The minimum absolute atomic E-state index is 0.876. The summed E-state index contributed by atoms with van der Waals surface area (Å²) in [7, 11) is 1.69. The van der Waals surface area contributed by atoms with Crippen molar-refractivity contribution in [3.05, 3.63) is 71.9 Å². The number of aromatic amines is 1. The van der Waals surface area contributed by atoms with Gasteiger partial charge in [0.15, 0.2) is 0 Å². The predicted molar refractivity (Wildman–Crippen MR) is 84.2 cm³/mol. The molecule has 2 aromatic carbocycles. The third kappa shape index (κ3) is 2.21. The van der Waals surface area contributed by atoms with E-state index in [0.29, 0.717) is 0 Å². The fourth-order valence-electron chi connectivity index (χ4n) is 2.54. The fraction of sp³-hybridized carbons (Fsp3) is 0.111. The average molecular weight is 263 g/mol. The zero-order valence-corrected chi connectivity index (χ0v) is 11.5. The molecule has 0 fully saturated rings. The normalized spacial score (nSPS) is 10.7. The molecule has 0 aliphatic carbocycles. The maximum atomic E-state index is 5.33. The molecular weight excluding hydrogens is 246 g/mol. The van der Waals surface area contributed by atoms with Crippen LogP contribution >= 0.6 is 0 Å². The minimum atomic E-state index is 0.876. The van der Waals surface area contributed by atoms with E-state index in [4.69, 9.17) is 4.74 Å². The molecule has 0 amide bonds. The van der Waals surface area contributed by atoms with Gasteiger partial charge in [0.1, 0.15) is 5.75 Å². The second kappa shape index (κ2) is 5.25. The van der Waals surface area contributed by atoms with Crippen molar-refractivity contribution in [2.24, 2.45) is 0 Å². The Morgan fingerprint density at radius 2 is 1.95 bits per heavy atom. The zero-order chi connectivity index (χ0) is 13.9. The topological polar surface area (TPSA) is 25.0 Å². The first-order valence-corrected chi connectivity index (χ1v) is 6.67. The van der Waals surface area contributed by atoms with E-state index >= 15 is 0 Å². The van der Waals surface area contributed by atoms with E-state index in [1.54, 1.807) is 7.11 Å². The summed E-state index contributed by atoms with van der Waals surface area (Å²) in [5, 5.41) is 1.20. The number of hydrogen-bond acceptors (Lipinski definition) is 1. The molecule has 1 N–H and O–H groups in total. The number of aromatic nitrogens is 1. The maximum Gasteiger partial charge on any atom is 0.119 e. The van der Waals surface area contributed by atoms with Crippen LogP contribution in [0, 0.1) is 0 Å². The SMILES string of the molecule is C=Cc1[nH]c2ccc(OC)cc2c1Cc1ccccc1. The smallest absolute Gasteiger partial charge is 0.119 e. The first-order valence-electron chi connectivity index (χ1n) is 6.67. The predicted octanol–water partition coefficient (Wildman–Crippen LogP) is 4.41. The number of methoxy groups -OCH3 is 1. The van der Waals surface area contributed by atoms with Crippen LogP contribution in [0.2, 0.25) is 0 Å².